The van der Waals surface area contributed by atoms with E-state index in [2.05, 4.69) is 54.3 Å². The Morgan fingerprint density at radius 1 is 1.05 bits per heavy atom. The molecule has 8 rings (SSSR count). The topological polar surface area (TPSA) is 106 Å². The van der Waals surface area contributed by atoms with Gasteiger partial charge in [0, 0.05) is 53.9 Å². The van der Waals surface area contributed by atoms with E-state index in [1.54, 1.807) is 0 Å². The molecule has 9 nitrogen and oxygen atoms in total. The number of anilines is 1. The van der Waals surface area contributed by atoms with Crippen molar-refractivity contribution in [1.29, 1.82) is 0 Å². The predicted octanol–water partition coefficient (Wildman–Crippen LogP) is 9.26. The van der Waals surface area contributed by atoms with Gasteiger partial charge in [0.15, 0.2) is 11.5 Å². The number of hydrogen-bond donors (Lipinski definition) is 2. The number of aromatic nitrogens is 2. The smallest absolute Gasteiger partial charge is 0.329 e. The summed E-state index contributed by atoms with van der Waals surface area (Å²) in [6.07, 6.45) is 12.2. The third kappa shape index (κ3) is 7.94. The van der Waals surface area contributed by atoms with E-state index in [0.717, 1.165) is 86.7 Å². The second-order valence-electron chi connectivity index (χ2n) is 17.0. The van der Waals surface area contributed by atoms with E-state index in [-0.39, 0.29) is 17.4 Å². The first-order valence-electron chi connectivity index (χ1n) is 20.5. The first-order valence-corrected chi connectivity index (χ1v) is 20.9. The highest BCUT2D eigenvalue weighted by Crippen LogP contribution is 2.58. The summed E-state index contributed by atoms with van der Waals surface area (Å²) < 4.78 is 19.8. The van der Waals surface area contributed by atoms with Crippen molar-refractivity contribution in [2.45, 2.75) is 108 Å². The normalized spacial score (nSPS) is 25.9. The molecule has 10 heteroatoms. The zero-order valence-electron chi connectivity index (χ0n) is 32.9. The fraction of sp³-hybridized carbons (Fsp3) is 0.500. The third-order valence-electron chi connectivity index (χ3n) is 13.0. The lowest BCUT2D eigenvalue weighted by molar-refractivity contribution is -0.144. The van der Waals surface area contributed by atoms with Crippen molar-refractivity contribution in [3.8, 4) is 17.2 Å². The highest BCUT2D eigenvalue weighted by Gasteiger charge is 2.54. The maximum atomic E-state index is 13.1. The molecule has 4 atom stereocenters. The highest BCUT2D eigenvalue weighted by atomic mass is 35.5. The van der Waals surface area contributed by atoms with Crippen LogP contribution in [-0.4, -0.2) is 64.4 Å². The zero-order valence-corrected chi connectivity index (χ0v) is 33.7. The van der Waals surface area contributed by atoms with Crippen LogP contribution in [0.2, 0.25) is 5.02 Å². The van der Waals surface area contributed by atoms with Crippen LogP contribution in [0.4, 0.5) is 5.69 Å². The Bertz CT molecular complexity index is 2020. The SMILES string of the molecule is C[C@@H](COc1ccnc2c1[C@H](C)CCC2)C[C@H]1Cc2cc3c(cc2C12CCC(Nc1cccc(Cl)c1)(C(=O)O)CC2)O[C@@H](CN(C)Cc1ccccn1)CCO3. The number of fused-ring (bicyclic) bond motifs is 4. The number of carboxylic acids is 1. The molecule has 3 heterocycles. The Morgan fingerprint density at radius 2 is 1.91 bits per heavy atom. The second-order valence-corrected chi connectivity index (χ2v) is 17.5. The van der Waals surface area contributed by atoms with E-state index in [4.69, 9.17) is 30.8 Å². The molecule has 1 saturated carbocycles. The summed E-state index contributed by atoms with van der Waals surface area (Å²) in [5, 5.41) is 14.8. The van der Waals surface area contributed by atoms with Crippen LogP contribution in [0.1, 0.15) is 99.2 Å². The summed E-state index contributed by atoms with van der Waals surface area (Å²) in [7, 11) is 2.11. The summed E-state index contributed by atoms with van der Waals surface area (Å²) in [6.45, 7) is 7.28. The van der Waals surface area contributed by atoms with E-state index < -0.39 is 11.5 Å². The van der Waals surface area contributed by atoms with E-state index in [1.165, 1.54) is 28.8 Å². The van der Waals surface area contributed by atoms with Gasteiger partial charge < -0.3 is 24.6 Å². The maximum absolute atomic E-state index is 13.1. The van der Waals surface area contributed by atoms with Gasteiger partial charge in [-0.15, -0.1) is 0 Å². The molecule has 2 aromatic carbocycles. The lowest BCUT2D eigenvalue weighted by atomic mass is 9.59. The molecule has 1 spiro atoms. The standard InChI is InChI=1S/C46H55ClN4O5/c1-30(29-55-40-13-20-49-39-12-6-8-31(2)43(39)40)22-33-23-32-24-41-42(56-37(14-21-54-41)28-51(3)27-36-10-4-5-19-48-36)26-38(32)45(33)15-17-46(18-16-45,44(52)53)50-35-11-7-9-34(47)25-35/h4-5,7,9-11,13,19-20,24-26,30-31,33,37,50H,6,8,12,14-18,21-23,27-29H2,1-3H3,(H,52,53)/t30-,31-,33+,37-,45?,46?/m1/s1. The summed E-state index contributed by atoms with van der Waals surface area (Å²) in [4.78, 5) is 24.6. The monoisotopic (exact) mass is 778 g/mol. The minimum absolute atomic E-state index is 0.0390. The zero-order chi connectivity index (χ0) is 38.9. The number of nitrogens with zero attached hydrogens (tertiary/aromatic N) is 3. The van der Waals surface area contributed by atoms with Crippen molar-refractivity contribution in [2.75, 3.05) is 32.1 Å². The molecule has 4 aliphatic rings. The largest absolute Gasteiger partial charge is 0.493 e. The number of hydrogen-bond acceptors (Lipinski definition) is 8. The second kappa shape index (κ2) is 16.3. The molecule has 296 valence electrons. The summed E-state index contributed by atoms with van der Waals surface area (Å²) >= 11 is 6.33. The van der Waals surface area contributed by atoms with E-state index in [9.17, 15) is 9.90 Å². The van der Waals surface area contributed by atoms with Gasteiger partial charge in [-0.3, -0.25) is 14.9 Å². The van der Waals surface area contributed by atoms with Gasteiger partial charge in [0.05, 0.1) is 18.9 Å². The molecule has 2 N–H and O–H groups in total. The molecular weight excluding hydrogens is 724 g/mol. The van der Waals surface area contributed by atoms with Crippen LogP contribution in [0.15, 0.2) is 73.1 Å². The molecule has 1 aliphatic heterocycles. The predicted molar refractivity (Wildman–Crippen MR) is 219 cm³/mol. The molecule has 0 amide bonds. The summed E-state index contributed by atoms with van der Waals surface area (Å²) in [6, 6.07) is 19.9. The number of aliphatic carboxylic acids is 1. The van der Waals surface area contributed by atoms with Crippen LogP contribution >= 0.6 is 11.6 Å². The Hall–Kier alpha value is -4.34. The fourth-order valence-electron chi connectivity index (χ4n) is 10.2. The van der Waals surface area contributed by atoms with Gasteiger partial charge in [0.2, 0.25) is 0 Å². The molecule has 1 fully saturated rings. The molecular formula is C46H55ClN4O5. The first kappa shape index (κ1) is 38.5. The minimum atomic E-state index is -1.09. The third-order valence-corrected chi connectivity index (χ3v) is 13.3. The minimum Gasteiger partial charge on any atom is -0.493 e. The van der Waals surface area contributed by atoms with Crippen molar-refractivity contribution in [1.82, 2.24) is 14.9 Å². The van der Waals surface area contributed by atoms with Crippen molar-refractivity contribution < 1.29 is 24.1 Å². The molecule has 0 radical (unpaired) electrons. The van der Waals surface area contributed by atoms with Gasteiger partial charge in [-0.1, -0.05) is 37.6 Å². The number of likely N-dealkylation sites (N-methyl/N-ethyl adjacent to an activating group) is 1. The molecule has 0 unspecified atom stereocenters. The van der Waals surface area contributed by atoms with Crippen LogP contribution in [0.25, 0.3) is 0 Å². The number of benzene rings is 2. The maximum Gasteiger partial charge on any atom is 0.329 e. The number of halogens is 1. The van der Waals surface area contributed by atoms with Crippen LogP contribution in [0, 0.1) is 11.8 Å². The van der Waals surface area contributed by atoms with Crippen molar-refractivity contribution >= 4 is 23.3 Å². The van der Waals surface area contributed by atoms with Gasteiger partial charge in [-0.2, -0.15) is 0 Å². The molecule has 0 saturated heterocycles. The lowest BCUT2D eigenvalue weighted by Crippen LogP contribution is -2.53. The van der Waals surface area contributed by atoms with Crippen LogP contribution in [0.3, 0.4) is 0 Å². The molecule has 2 aromatic heterocycles. The number of aryl methyl sites for hydroxylation is 1. The molecule has 4 aromatic rings. The van der Waals surface area contributed by atoms with E-state index >= 15 is 0 Å². The molecule has 3 aliphatic carbocycles. The van der Waals surface area contributed by atoms with Gasteiger partial charge in [-0.05, 0) is 148 Å². The highest BCUT2D eigenvalue weighted by molar-refractivity contribution is 6.30. The average molecular weight is 779 g/mol. The van der Waals surface area contributed by atoms with Crippen molar-refractivity contribution in [3.63, 3.8) is 0 Å². The summed E-state index contributed by atoms with van der Waals surface area (Å²) in [5.74, 6) is 2.80. The Labute approximate surface area is 336 Å². The average Bonchev–Trinajstić information content (AvgIpc) is 3.30. The van der Waals surface area contributed by atoms with E-state index in [0.29, 0.717) is 42.9 Å². The van der Waals surface area contributed by atoms with Crippen LogP contribution in [-0.2, 0) is 29.6 Å². The van der Waals surface area contributed by atoms with Crippen molar-refractivity contribution in [3.05, 3.63) is 106 Å². The molecule has 0 bridgehead atoms. The Morgan fingerprint density at radius 3 is 2.70 bits per heavy atom. The first-order chi connectivity index (χ1) is 27.1. The number of carbonyl (C=O) groups is 1. The van der Waals surface area contributed by atoms with Crippen LogP contribution in [0.5, 0.6) is 17.2 Å². The Balaban J connectivity index is 1.05. The summed E-state index contributed by atoms with van der Waals surface area (Å²) in [5.41, 5.74) is 5.50. The Kier molecular flexibility index (Phi) is 11.2. The number of ether oxygens (including phenoxy) is 3. The fourth-order valence-corrected chi connectivity index (χ4v) is 10.4. The van der Waals surface area contributed by atoms with Crippen LogP contribution < -0.4 is 19.5 Å². The number of carboxylic acid groups (broad SMARTS) is 1. The van der Waals surface area contributed by atoms with Gasteiger partial charge in [0.1, 0.15) is 17.4 Å². The number of nitrogens with one attached hydrogen (secondary N) is 1. The van der Waals surface area contributed by atoms with E-state index in [1.807, 2.05) is 54.9 Å². The molecule has 56 heavy (non-hydrogen) atoms. The van der Waals surface area contributed by atoms with Gasteiger partial charge in [0.25, 0.3) is 0 Å². The lowest BCUT2D eigenvalue weighted by Gasteiger charge is -2.47. The number of rotatable bonds is 12. The van der Waals surface area contributed by atoms with Crippen molar-refractivity contribution in [2.24, 2.45) is 11.8 Å². The number of pyridine rings is 2. The quantitative estimate of drug-likeness (QED) is 0.146. The van der Waals surface area contributed by atoms with Gasteiger partial charge in [-0.25, -0.2) is 4.79 Å². The van der Waals surface area contributed by atoms with Gasteiger partial charge >= 0.3 is 5.97 Å².